The standard InChI is InChI=1S/C31H25N3O7/c1-16-12-24(36)40-22-13-18(6-7-19(16)22)39-11-9-31-14-23(35)30(2,41-31)25-26(31)29(38)34(28(25)37)21-8-5-17(15-32)27-20(21)4-3-10-33-27/h3-8,10,12-13,23,35,37-38H,9,11,14H2,1-2H3/t23-,30-,31+/m1/s1. The minimum atomic E-state index is -1.26. The predicted molar refractivity (Wildman–Crippen MR) is 147 cm³/mol. The second-order valence-corrected chi connectivity index (χ2v) is 10.8. The fraction of sp³-hybridized carbons (Fsp3) is 0.258. The van der Waals surface area contributed by atoms with E-state index in [1.165, 1.54) is 10.6 Å². The van der Waals surface area contributed by atoms with E-state index in [1.54, 1.807) is 49.5 Å². The third-order valence-electron chi connectivity index (χ3n) is 8.44. The van der Waals surface area contributed by atoms with Crippen LogP contribution in [0.15, 0.2) is 63.9 Å². The van der Waals surface area contributed by atoms with Crippen LogP contribution < -0.4 is 10.4 Å². The molecule has 2 aromatic carbocycles. The van der Waals surface area contributed by atoms with Gasteiger partial charge in [0.05, 0.1) is 40.6 Å². The van der Waals surface area contributed by atoms with Crippen molar-refractivity contribution in [1.29, 1.82) is 5.26 Å². The lowest BCUT2D eigenvalue weighted by molar-refractivity contribution is -0.107. The van der Waals surface area contributed by atoms with E-state index in [0.29, 0.717) is 44.6 Å². The van der Waals surface area contributed by atoms with Gasteiger partial charge in [-0.25, -0.2) is 4.79 Å². The molecule has 5 heterocycles. The van der Waals surface area contributed by atoms with Crippen molar-refractivity contribution in [2.75, 3.05) is 6.61 Å². The number of ether oxygens (including phenoxy) is 2. The van der Waals surface area contributed by atoms with Gasteiger partial charge in [0.1, 0.15) is 28.6 Å². The lowest BCUT2D eigenvalue weighted by atomic mass is 9.76. The van der Waals surface area contributed by atoms with E-state index in [-0.39, 0.29) is 31.2 Å². The molecule has 206 valence electrons. The fourth-order valence-electron chi connectivity index (χ4n) is 6.52. The van der Waals surface area contributed by atoms with Crippen LogP contribution in [0, 0.1) is 18.3 Å². The Hall–Kier alpha value is -4.85. The van der Waals surface area contributed by atoms with Crippen molar-refractivity contribution in [3.63, 3.8) is 0 Å². The van der Waals surface area contributed by atoms with Crippen LogP contribution in [0.3, 0.4) is 0 Å². The summed E-state index contributed by atoms with van der Waals surface area (Å²) < 4.78 is 19.1. The molecule has 41 heavy (non-hydrogen) atoms. The molecule has 2 aliphatic heterocycles. The molecule has 7 rings (SSSR count). The van der Waals surface area contributed by atoms with Crippen molar-refractivity contribution in [1.82, 2.24) is 9.55 Å². The molecule has 1 saturated heterocycles. The van der Waals surface area contributed by atoms with E-state index in [2.05, 4.69) is 11.1 Å². The molecule has 10 heteroatoms. The number of aliphatic hydroxyl groups is 1. The molecule has 3 atom stereocenters. The number of aromatic hydroxyl groups is 2. The Kier molecular flexibility index (Phi) is 5.26. The zero-order valence-corrected chi connectivity index (χ0v) is 22.2. The van der Waals surface area contributed by atoms with E-state index in [1.807, 2.05) is 13.0 Å². The number of aryl methyl sites for hydroxylation is 1. The summed E-state index contributed by atoms with van der Waals surface area (Å²) in [4.78, 5) is 16.2. The van der Waals surface area contributed by atoms with Gasteiger partial charge in [0.2, 0.25) is 11.8 Å². The maximum Gasteiger partial charge on any atom is 0.336 e. The van der Waals surface area contributed by atoms with E-state index < -0.39 is 22.9 Å². The molecule has 10 nitrogen and oxygen atoms in total. The number of fused-ring (bicyclic) bond motifs is 7. The number of pyridine rings is 1. The Balaban J connectivity index is 1.27. The normalized spacial score (nSPS) is 22.7. The Bertz CT molecular complexity index is 2010. The molecule has 0 radical (unpaired) electrons. The number of nitriles is 1. The average Bonchev–Trinajstić information content (AvgIpc) is 3.48. The van der Waals surface area contributed by atoms with Gasteiger partial charge in [0.15, 0.2) is 0 Å². The number of aliphatic hydroxyl groups excluding tert-OH is 1. The molecular formula is C31H25N3O7. The number of aromatic nitrogens is 2. The quantitative estimate of drug-likeness (QED) is 0.270. The van der Waals surface area contributed by atoms with Gasteiger partial charge in [0, 0.05) is 41.9 Å². The van der Waals surface area contributed by atoms with Crippen LogP contribution in [-0.4, -0.2) is 37.6 Å². The van der Waals surface area contributed by atoms with Crippen LogP contribution in [0.1, 0.15) is 42.0 Å². The largest absolute Gasteiger partial charge is 0.494 e. The Morgan fingerprint density at radius 1 is 1.15 bits per heavy atom. The number of benzene rings is 2. The highest BCUT2D eigenvalue weighted by Gasteiger charge is 2.66. The Morgan fingerprint density at radius 2 is 1.95 bits per heavy atom. The fourth-order valence-corrected chi connectivity index (χ4v) is 6.52. The number of hydrogen-bond acceptors (Lipinski definition) is 9. The second-order valence-electron chi connectivity index (χ2n) is 10.8. The van der Waals surface area contributed by atoms with Crippen molar-refractivity contribution in [3.8, 4) is 29.3 Å². The van der Waals surface area contributed by atoms with Crippen molar-refractivity contribution < 1.29 is 29.2 Å². The van der Waals surface area contributed by atoms with Gasteiger partial charge < -0.3 is 29.2 Å². The van der Waals surface area contributed by atoms with Gasteiger partial charge in [-0.05, 0) is 55.8 Å². The van der Waals surface area contributed by atoms with Crippen LogP contribution in [0.5, 0.6) is 17.5 Å². The SMILES string of the molecule is Cc1cc(=O)oc2cc(OCC[C@@]34C[C@@H](O)[C@@](C)(O3)c3c4c(O)n(-c4ccc(C#N)c5ncccc45)c3O)ccc12. The number of hydrogen-bond donors (Lipinski definition) is 3. The number of rotatable bonds is 5. The molecular weight excluding hydrogens is 526 g/mol. The van der Waals surface area contributed by atoms with E-state index in [0.717, 1.165) is 10.9 Å². The molecule has 2 bridgehead atoms. The highest BCUT2D eigenvalue weighted by molar-refractivity contribution is 5.92. The predicted octanol–water partition coefficient (Wildman–Crippen LogP) is 4.40. The highest BCUT2D eigenvalue weighted by atomic mass is 16.6. The van der Waals surface area contributed by atoms with Gasteiger partial charge in [-0.1, -0.05) is 0 Å². The first-order valence-electron chi connectivity index (χ1n) is 13.2. The highest BCUT2D eigenvalue weighted by Crippen LogP contribution is 2.65. The Labute approximate surface area is 233 Å². The first-order chi connectivity index (χ1) is 19.7. The minimum absolute atomic E-state index is 0.152. The second kappa shape index (κ2) is 8.57. The summed E-state index contributed by atoms with van der Waals surface area (Å²) in [5.41, 5.74) is 0.350. The summed E-state index contributed by atoms with van der Waals surface area (Å²) in [6, 6.07) is 15.5. The van der Waals surface area contributed by atoms with E-state index in [4.69, 9.17) is 13.9 Å². The lowest BCUT2D eigenvalue weighted by Gasteiger charge is -2.26. The molecule has 3 aromatic heterocycles. The molecule has 5 aromatic rings. The number of nitrogens with zero attached hydrogens (tertiary/aromatic N) is 3. The van der Waals surface area contributed by atoms with Crippen LogP contribution in [0.2, 0.25) is 0 Å². The first kappa shape index (κ1) is 25.1. The summed E-state index contributed by atoms with van der Waals surface area (Å²) in [5.74, 6) is 0.0191. The van der Waals surface area contributed by atoms with Gasteiger partial charge in [-0.3, -0.25) is 9.55 Å². The molecule has 2 aliphatic rings. The zero-order valence-electron chi connectivity index (χ0n) is 22.2. The molecule has 0 amide bonds. The summed E-state index contributed by atoms with van der Waals surface area (Å²) in [6.07, 6.45) is 1.09. The van der Waals surface area contributed by atoms with Crippen molar-refractivity contribution in [2.24, 2.45) is 0 Å². The van der Waals surface area contributed by atoms with E-state index in [9.17, 15) is 25.4 Å². The van der Waals surface area contributed by atoms with E-state index >= 15 is 0 Å². The molecule has 0 aliphatic carbocycles. The summed E-state index contributed by atoms with van der Waals surface area (Å²) in [6.45, 7) is 3.68. The van der Waals surface area contributed by atoms with Crippen molar-refractivity contribution in [2.45, 2.75) is 44.0 Å². The Morgan fingerprint density at radius 3 is 2.76 bits per heavy atom. The van der Waals surface area contributed by atoms with Gasteiger partial charge in [-0.2, -0.15) is 5.26 Å². The monoisotopic (exact) mass is 551 g/mol. The van der Waals surface area contributed by atoms with Gasteiger partial charge in [0.25, 0.3) is 0 Å². The van der Waals surface area contributed by atoms with Crippen LogP contribution in [0.25, 0.3) is 27.6 Å². The molecule has 1 fully saturated rings. The smallest absolute Gasteiger partial charge is 0.336 e. The minimum Gasteiger partial charge on any atom is -0.494 e. The average molecular weight is 552 g/mol. The van der Waals surface area contributed by atoms with Crippen LogP contribution in [0.4, 0.5) is 0 Å². The van der Waals surface area contributed by atoms with Crippen molar-refractivity contribution in [3.05, 3.63) is 87.4 Å². The third kappa shape index (κ3) is 3.43. The first-order valence-corrected chi connectivity index (χ1v) is 13.2. The third-order valence-corrected chi connectivity index (χ3v) is 8.44. The van der Waals surface area contributed by atoms with Gasteiger partial charge in [-0.15, -0.1) is 0 Å². The summed E-state index contributed by atoms with van der Waals surface area (Å²) in [5, 5.41) is 45.1. The molecule has 0 unspecified atom stereocenters. The topological polar surface area (TPSA) is 151 Å². The summed E-state index contributed by atoms with van der Waals surface area (Å²) >= 11 is 0. The van der Waals surface area contributed by atoms with Crippen LogP contribution in [-0.2, 0) is 15.9 Å². The maximum absolute atomic E-state index is 11.8. The molecule has 0 spiro atoms. The van der Waals surface area contributed by atoms with Gasteiger partial charge >= 0.3 is 5.63 Å². The maximum atomic E-state index is 11.8. The van der Waals surface area contributed by atoms with Crippen LogP contribution >= 0.6 is 0 Å². The lowest BCUT2D eigenvalue weighted by Crippen LogP contribution is -2.33. The molecule has 0 saturated carbocycles. The molecule has 3 N–H and O–H groups in total. The summed E-state index contributed by atoms with van der Waals surface area (Å²) in [7, 11) is 0. The zero-order chi connectivity index (χ0) is 28.7. The van der Waals surface area contributed by atoms with Crippen molar-refractivity contribution >= 4 is 21.9 Å².